The number of aliphatic imine (C=N–C) groups is 1. The van der Waals surface area contributed by atoms with Crippen molar-refractivity contribution < 1.29 is 9.53 Å². The number of carbonyl (C=O) groups excluding carboxylic acids is 1. The number of ether oxygens (including phenoxy) is 1. The molecule has 1 aromatic carbocycles. The van der Waals surface area contributed by atoms with Crippen LogP contribution in [0.4, 0.5) is 5.69 Å². The number of hydrogen-bond donors (Lipinski definition) is 2. The molecule has 7 nitrogen and oxygen atoms in total. The Hall–Kier alpha value is -2.44. The molecule has 26 heavy (non-hydrogen) atoms. The lowest BCUT2D eigenvalue weighted by molar-refractivity contribution is -0.127. The van der Waals surface area contributed by atoms with Crippen LogP contribution < -0.4 is 20.3 Å². The molecule has 0 saturated carbocycles. The minimum atomic E-state index is -0.00887. The van der Waals surface area contributed by atoms with Crippen LogP contribution in [-0.4, -0.2) is 70.7 Å². The second-order valence-electron chi connectivity index (χ2n) is 6.64. The number of anilines is 1. The molecule has 0 spiro atoms. The first kappa shape index (κ1) is 19.9. The molecule has 1 aromatic rings. The van der Waals surface area contributed by atoms with Crippen LogP contribution in [0.15, 0.2) is 29.3 Å². The molecule has 144 valence electrons. The average Bonchev–Trinajstić information content (AvgIpc) is 3.12. The maximum absolute atomic E-state index is 11.7. The van der Waals surface area contributed by atoms with Crippen LogP contribution in [0.3, 0.4) is 0 Å². The van der Waals surface area contributed by atoms with E-state index in [2.05, 4.69) is 26.6 Å². The van der Waals surface area contributed by atoms with Crippen LogP contribution >= 0.6 is 0 Å². The lowest BCUT2D eigenvalue weighted by atomic mass is 10.1. The third-order valence-corrected chi connectivity index (χ3v) is 4.49. The molecule has 0 radical (unpaired) electrons. The lowest BCUT2D eigenvalue weighted by Gasteiger charge is -2.21. The van der Waals surface area contributed by atoms with E-state index in [-0.39, 0.29) is 12.5 Å². The van der Waals surface area contributed by atoms with Gasteiger partial charge in [-0.2, -0.15) is 0 Å². The number of guanidine groups is 1. The van der Waals surface area contributed by atoms with Crippen molar-refractivity contribution in [3.05, 3.63) is 24.3 Å². The summed E-state index contributed by atoms with van der Waals surface area (Å²) in [6.07, 6.45) is 1.11. The molecule has 1 unspecified atom stereocenters. The Balaban J connectivity index is 1.88. The van der Waals surface area contributed by atoms with E-state index in [4.69, 9.17) is 4.74 Å². The number of benzene rings is 1. The van der Waals surface area contributed by atoms with Crippen molar-refractivity contribution in [3.8, 4) is 5.75 Å². The van der Waals surface area contributed by atoms with Gasteiger partial charge in [0, 0.05) is 40.3 Å². The van der Waals surface area contributed by atoms with Gasteiger partial charge in [0.1, 0.15) is 12.3 Å². The minimum absolute atomic E-state index is 0.00887. The summed E-state index contributed by atoms with van der Waals surface area (Å²) in [6, 6.07) is 8.14. The third-order valence-electron chi connectivity index (χ3n) is 4.49. The Labute approximate surface area is 156 Å². The first-order valence-corrected chi connectivity index (χ1v) is 9.15. The smallest absolute Gasteiger partial charge is 0.243 e. The second kappa shape index (κ2) is 9.89. The molecule has 0 bridgehead atoms. The number of hydrogen-bond acceptors (Lipinski definition) is 4. The summed E-state index contributed by atoms with van der Waals surface area (Å²) in [5, 5.41) is 6.56. The first-order valence-electron chi connectivity index (χ1n) is 9.15. The Morgan fingerprint density at radius 2 is 2.12 bits per heavy atom. The van der Waals surface area contributed by atoms with Gasteiger partial charge in [-0.05, 0) is 31.4 Å². The zero-order valence-electron chi connectivity index (χ0n) is 16.3. The van der Waals surface area contributed by atoms with E-state index in [1.807, 2.05) is 25.1 Å². The Kier molecular flexibility index (Phi) is 7.56. The number of methoxy groups -OCH3 is 1. The Morgan fingerprint density at radius 3 is 2.81 bits per heavy atom. The number of para-hydroxylation sites is 2. The van der Waals surface area contributed by atoms with E-state index >= 15 is 0 Å². The first-order chi connectivity index (χ1) is 12.5. The number of nitrogens with one attached hydrogen (secondary N) is 2. The van der Waals surface area contributed by atoms with Crippen molar-refractivity contribution in [1.82, 2.24) is 15.5 Å². The van der Waals surface area contributed by atoms with Gasteiger partial charge in [0.25, 0.3) is 0 Å². The summed E-state index contributed by atoms with van der Waals surface area (Å²) in [5.41, 5.74) is 1.15. The minimum Gasteiger partial charge on any atom is -0.495 e. The van der Waals surface area contributed by atoms with Crippen LogP contribution in [0.2, 0.25) is 0 Å². The van der Waals surface area contributed by atoms with Crippen molar-refractivity contribution in [1.29, 1.82) is 0 Å². The summed E-state index contributed by atoms with van der Waals surface area (Å²) >= 11 is 0. The second-order valence-corrected chi connectivity index (χ2v) is 6.64. The van der Waals surface area contributed by atoms with E-state index in [1.54, 1.807) is 26.1 Å². The maximum atomic E-state index is 11.7. The number of rotatable bonds is 7. The normalized spacial score (nSPS) is 17.2. The van der Waals surface area contributed by atoms with Gasteiger partial charge in [-0.15, -0.1) is 0 Å². The van der Waals surface area contributed by atoms with Gasteiger partial charge in [-0.3, -0.25) is 4.79 Å². The fraction of sp³-hybridized carbons (Fsp3) is 0.579. The molecular weight excluding hydrogens is 330 g/mol. The standard InChI is InChI=1S/C19H31N5O2/c1-5-20-19(22-13-18(25)23(2)3)21-12-15-10-11-24(14-15)16-8-6-7-9-17(16)26-4/h6-9,15H,5,10-14H2,1-4H3,(H2,20,21,22). The molecule has 0 aliphatic carbocycles. The molecule has 2 N–H and O–H groups in total. The lowest BCUT2D eigenvalue weighted by Crippen LogP contribution is -2.41. The predicted octanol–water partition coefficient (Wildman–Crippen LogP) is 1.16. The Morgan fingerprint density at radius 1 is 1.35 bits per heavy atom. The molecule has 0 aromatic heterocycles. The molecule has 1 fully saturated rings. The summed E-state index contributed by atoms with van der Waals surface area (Å²) in [5.74, 6) is 2.12. The van der Waals surface area contributed by atoms with Gasteiger partial charge in [-0.25, -0.2) is 4.99 Å². The summed E-state index contributed by atoms with van der Waals surface area (Å²) in [7, 11) is 5.19. The SMILES string of the molecule is CCNC(=NCC(=O)N(C)C)NCC1CCN(c2ccccc2OC)C1. The molecule has 1 heterocycles. The van der Waals surface area contributed by atoms with Crippen LogP contribution in [0.25, 0.3) is 0 Å². The molecule has 7 heteroatoms. The van der Waals surface area contributed by atoms with E-state index in [9.17, 15) is 4.79 Å². The van der Waals surface area contributed by atoms with Gasteiger partial charge in [0.05, 0.1) is 12.8 Å². The largest absolute Gasteiger partial charge is 0.495 e. The molecule has 1 aliphatic rings. The van der Waals surface area contributed by atoms with Crippen molar-refractivity contribution in [2.75, 3.05) is 58.8 Å². The fourth-order valence-electron chi connectivity index (χ4n) is 2.98. The summed E-state index contributed by atoms with van der Waals surface area (Å²) in [4.78, 5) is 20.0. The third kappa shape index (κ3) is 5.54. The maximum Gasteiger partial charge on any atom is 0.243 e. The van der Waals surface area contributed by atoms with E-state index in [1.165, 1.54) is 0 Å². The summed E-state index contributed by atoms with van der Waals surface area (Å²) < 4.78 is 5.47. The number of likely N-dealkylation sites (N-methyl/N-ethyl adjacent to an activating group) is 1. The van der Waals surface area contributed by atoms with E-state index in [0.29, 0.717) is 11.9 Å². The number of amides is 1. The van der Waals surface area contributed by atoms with Gasteiger partial charge >= 0.3 is 0 Å². The number of carbonyl (C=O) groups is 1. The monoisotopic (exact) mass is 361 g/mol. The van der Waals surface area contributed by atoms with Gasteiger partial charge in [0.15, 0.2) is 5.96 Å². The van der Waals surface area contributed by atoms with Gasteiger partial charge in [0.2, 0.25) is 5.91 Å². The average molecular weight is 361 g/mol. The van der Waals surface area contributed by atoms with Crippen molar-refractivity contribution in [2.24, 2.45) is 10.9 Å². The molecule has 1 atom stereocenters. The molecule has 1 aliphatic heterocycles. The number of nitrogens with zero attached hydrogens (tertiary/aromatic N) is 3. The predicted molar refractivity (Wildman–Crippen MR) is 106 cm³/mol. The fourth-order valence-corrected chi connectivity index (χ4v) is 2.98. The highest BCUT2D eigenvalue weighted by Crippen LogP contribution is 2.31. The molecule has 1 amide bonds. The topological polar surface area (TPSA) is 69.2 Å². The van der Waals surface area contributed by atoms with Crippen LogP contribution in [0, 0.1) is 5.92 Å². The highest BCUT2D eigenvalue weighted by Gasteiger charge is 2.24. The molecule has 2 rings (SSSR count). The highest BCUT2D eigenvalue weighted by atomic mass is 16.5. The van der Waals surface area contributed by atoms with Crippen LogP contribution in [0.5, 0.6) is 5.75 Å². The quantitative estimate of drug-likeness (QED) is 0.564. The van der Waals surface area contributed by atoms with Crippen molar-refractivity contribution in [2.45, 2.75) is 13.3 Å². The van der Waals surface area contributed by atoms with E-state index < -0.39 is 0 Å². The van der Waals surface area contributed by atoms with Gasteiger partial charge in [-0.1, -0.05) is 12.1 Å². The Bertz CT molecular complexity index is 618. The van der Waals surface area contributed by atoms with E-state index in [0.717, 1.165) is 44.0 Å². The van der Waals surface area contributed by atoms with Crippen LogP contribution in [0.1, 0.15) is 13.3 Å². The van der Waals surface area contributed by atoms with Crippen molar-refractivity contribution >= 4 is 17.6 Å². The zero-order chi connectivity index (χ0) is 18.9. The molecular formula is C19H31N5O2. The van der Waals surface area contributed by atoms with Crippen molar-refractivity contribution in [3.63, 3.8) is 0 Å². The highest BCUT2D eigenvalue weighted by molar-refractivity contribution is 5.84. The van der Waals surface area contributed by atoms with Crippen LogP contribution in [-0.2, 0) is 4.79 Å². The summed E-state index contributed by atoms with van der Waals surface area (Å²) in [6.45, 7) is 5.75. The molecule has 1 saturated heterocycles. The van der Waals surface area contributed by atoms with Gasteiger partial charge < -0.3 is 25.2 Å². The zero-order valence-corrected chi connectivity index (χ0v) is 16.3.